The molecular formula is C17H24N2O3S. The molecule has 1 aromatic carbocycles. The van der Waals surface area contributed by atoms with Crippen LogP contribution in [-0.2, 0) is 21.2 Å². The van der Waals surface area contributed by atoms with Gasteiger partial charge in [0.15, 0.2) is 0 Å². The average molecular weight is 336 g/mol. The maximum absolute atomic E-state index is 12.4. The summed E-state index contributed by atoms with van der Waals surface area (Å²) in [7, 11) is -3.24. The van der Waals surface area contributed by atoms with E-state index in [1.807, 2.05) is 12.1 Å². The predicted octanol–water partition coefficient (Wildman–Crippen LogP) is 1.85. The molecule has 5 nitrogen and oxygen atoms in total. The van der Waals surface area contributed by atoms with E-state index in [0.29, 0.717) is 13.0 Å². The summed E-state index contributed by atoms with van der Waals surface area (Å²) in [5.74, 6) is -0.0665. The number of benzene rings is 1. The van der Waals surface area contributed by atoms with E-state index in [0.717, 1.165) is 18.4 Å². The summed E-state index contributed by atoms with van der Waals surface area (Å²) in [5.41, 5.74) is 2.38. The number of amides is 1. The van der Waals surface area contributed by atoms with E-state index < -0.39 is 10.0 Å². The van der Waals surface area contributed by atoms with Crippen LogP contribution in [0, 0.1) is 5.41 Å². The number of aryl methyl sites for hydroxylation is 1. The zero-order chi connectivity index (χ0) is 16.7. The summed E-state index contributed by atoms with van der Waals surface area (Å²) in [6.45, 7) is 4.68. The van der Waals surface area contributed by atoms with Gasteiger partial charge >= 0.3 is 0 Å². The topological polar surface area (TPSA) is 66.5 Å². The third-order valence-corrected chi connectivity index (χ3v) is 6.92. The van der Waals surface area contributed by atoms with Gasteiger partial charge in [0, 0.05) is 6.54 Å². The number of hydrogen-bond donors (Lipinski definition) is 1. The molecule has 1 heterocycles. The minimum absolute atomic E-state index is 0.0477. The van der Waals surface area contributed by atoms with Gasteiger partial charge in [-0.25, -0.2) is 8.42 Å². The SMILES string of the molecule is CC1(C)CCc2ccccc2[C@H]1NC(=O)CN1CCCS1(=O)=O. The quantitative estimate of drug-likeness (QED) is 0.916. The van der Waals surface area contributed by atoms with Crippen LogP contribution in [0.2, 0.25) is 0 Å². The molecule has 0 aromatic heterocycles. The van der Waals surface area contributed by atoms with Crippen LogP contribution in [0.5, 0.6) is 0 Å². The summed E-state index contributed by atoms with van der Waals surface area (Å²) in [6.07, 6.45) is 2.61. The van der Waals surface area contributed by atoms with E-state index in [4.69, 9.17) is 0 Å². The van der Waals surface area contributed by atoms with Crippen LogP contribution in [0.15, 0.2) is 24.3 Å². The number of carbonyl (C=O) groups excluding carboxylic acids is 1. The number of nitrogens with zero attached hydrogens (tertiary/aromatic N) is 1. The fourth-order valence-corrected chi connectivity index (χ4v) is 5.05. The Kier molecular flexibility index (Phi) is 4.23. The Bertz CT molecular complexity index is 712. The van der Waals surface area contributed by atoms with Crippen LogP contribution >= 0.6 is 0 Å². The summed E-state index contributed by atoms with van der Waals surface area (Å²) in [4.78, 5) is 12.4. The summed E-state index contributed by atoms with van der Waals surface area (Å²) in [6, 6.07) is 8.10. The van der Waals surface area contributed by atoms with Gasteiger partial charge in [0.1, 0.15) is 0 Å². The first-order valence-corrected chi connectivity index (χ1v) is 9.75. The molecule has 1 aliphatic carbocycles. The monoisotopic (exact) mass is 336 g/mol. The molecule has 6 heteroatoms. The van der Waals surface area contributed by atoms with Crippen molar-refractivity contribution < 1.29 is 13.2 Å². The fraction of sp³-hybridized carbons (Fsp3) is 0.588. The Morgan fingerprint density at radius 1 is 1.35 bits per heavy atom. The Balaban J connectivity index is 1.77. The number of nitrogens with one attached hydrogen (secondary N) is 1. The number of rotatable bonds is 3. The maximum atomic E-state index is 12.4. The first-order valence-electron chi connectivity index (χ1n) is 8.15. The minimum Gasteiger partial charge on any atom is -0.348 e. The minimum atomic E-state index is -3.24. The number of hydrogen-bond acceptors (Lipinski definition) is 3. The van der Waals surface area contributed by atoms with Gasteiger partial charge in [0.2, 0.25) is 15.9 Å². The van der Waals surface area contributed by atoms with Crippen molar-refractivity contribution in [2.75, 3.05) is 18.8 Å². The van der Waals surface area contributed by atoms with Crippen molar-refractivity contribution in [3.05, 3.63) is 35.4 Å². The van der Waals surface area contributed by atoms with Gasteiger partial charge in [-0.2, -0.15) is 4.31 Å². The lowest BCUT2D eigenvalue weighted by Gasteiger charge is -2.40. The van der Waals surface area contributed by atoms with Gasteiger partial charge in [-0.1, -0.05) is 38.1 Å². The lowest BCUT2D eigenvalue weighted by molar-refractivity contribution is -0.123. The van der Waals surface area contributed by atoms with Crippen molar-refractivity contribution in [3.63, 3.8) is 0 Å². The largest absolute Gasteiger partial charge is 0.348 e. The van der Waals surface area contributed by atoms with Gasteiger partial charge < -0.3 is 5.32 Å². The Morgan fingerprint density at radius 2 is 2.09 bits per heavy atom. The van der Waals surface area contributed by atoms with Crippen LogP contribution in [0.4, 0.5) is 0 Å². The van der Waals surface area contributed by atoms with E-state index in [9.17, 15) is 13.2 Å². The number of carbonyl (C=O) groups is 1. The van der Waals surface area contributed by atoms with Gasteiger partial charge in [0.25, 0.3) is 0 Å². The van der Waals surface area contributed by atoms with Crippen LogP contribution < -0.4 is 5.32 Å². The summed E-state index contributed by atoms with van der Waals surface area (Å²) >= 11 is 0. The highest BCUT2D eigenvalue weighted by molar-refractivity contribution is 7.89. The van der Waals surface area contributed by atoms with Gasteiger partial charge in [0.05, 0.1) is 18.3 Å². The van der Waals surface area contributed by atoms with Crippen LogP contribution in [0.3, 0.4) is 0 Å². The van der Waals surface area contributed by atoms with Crippen LogP contribution in [0.25, 0.3) is 0 Å². The second-order valence-electron chi connectivity index (χ2n) is 7.19. The van der Waals surface area contributed by atoms with E-state index in [1.165, 1.54) is 9.87 Å². The average Bonchev–Trinajstić information content (AvgIpc) is 2.81. The lowest BCUT2D eigenvalue weighted by atomic mass is 9.70. The van der Waals surface area contributed by atoms with E-state index in [-0.39, 0.29) is 29.7 Å². The molecule has 0 unspecified atom stereocenters. The molecule has 1 amide bonds. The molecular weight excluding hydrogens is 312 g/mol. The highest BCUT2D eigenvalue weighted by atomic mass is 32.2. The van der Waals surface area contributed by atoms with E-state index >= 15 is 0 Å². The van der Waals surface area contributed by atoms with Gasteiger partial charge in [-0.3, -0.25) is 4.79 Å². The summed E-state index contributed by atoms with van der Waals surface area (Å²) in [5, 5.41) is 3.08. The highest BCUT2D eigenvalue weighted by Crippen LogP contribution is 2.43. The zero-order valence-corrected chi connectivity index (χ0v) is 14.5. The lowest BCUT2D eigenvalue weighted by Crippen LogP contribution is -2.45. The molecule has 0 radical (unpaired) electrons. The summed E-state index contributed by atoms with van der Waals surface area (Å²) < 4.78 is 25.0. The molecule has 1 N–H and O–H groups in total. The molecule has 1 aliphatic heterocycles. The van der Waals surface area contributed by atoms with Crippen LogP contribution in [-0.4, -0.2) is 37.5 Å². The Morgan fingerprint density at radius 3 is 2.78 bits per heavy atom. The normalized spacial score (nSPS) is 25.7. The third-order valence-electron chi connectivity index (χ3n) is 5.01. The first-order chi connectivity index (χ1) is 10.8. The molecule has 1 fully saturated rings. The first kappa shape index (κ1) is 16.5. The second kappa shape index (κ2) is 5.91. The Labute approximate surface area is 138 Å². The van der Waals surface area contributed by atoms with Gasteiger partial charge in [-0.05, 0) is 35.8 Å². The van der Waals surface area contributed by atoms with E-state index in [2.05, 4.69) is 31.3 Å². The van der Waals surface area contributed by atoms with Crippen molar-refractivity contribution in [1.82, 2.24) is 9.62 Å². The standard InChI is InChI=1S/C17H24N2O3S/c1-17(2)9-8-13-6-3-4-7-14(13)16(17)18-15(20)12-19-10-5-11-23(19,21)22/h3-4,6-7,16H,5,8-12H2,1-2H3,(H,18,20)/t16-/m1/s1. The Hall–Kier alpha value is -1.40. The molecule has 0 spiro atoms. The van der Waals surface area contributed by atoms with Crippen molar-refractivity contribution in [3.8, 4) is 0 Å². The van der Waals surface area contributed by atoms with Crippen molar-refractivity contribution in [1.29, 1.82) is 0 Å². The highest BCUT2D eigenvalue weighted by Gasteiger charge is 2.37. The maximum Gasteiger partial charge on any atom is 0.235 e. The zero-order valence-electron chi connectivity index (χ0n) is 13.7. The second-order valence-corrected chi connectivity index (χ2v) is 9.28. The molecule has 0 saturated carbocycles. The smallest absolute Gasteiger partial charge is 0.235 e. The van der Waals surface area contributed by atoms with Crippen molar-refractivity contribution in [2.45, 2.75) is 39.2 Å². The molecule has 126 valence electrons. The fourth-order valence-electron chi connectivity index (χ4n) is 3.57. The molecule has 0 bridgehead atoms. The molecule has 1 aromatic rings. The number of sulfonamides is 1. The molecule has 23 heavy (non-hydrogen) atoms. The van der Waals surface area contributed by atoms with Crippen molar-refractivity contribution >= 4 is 15.9 Å². The number of fused-ring (bicyclic) bond motifs is 1. The van der Waals surface area contributed by atoms with Gasteiger partial charge in [-0.15, -0.1) is 0 Å². The molecule has 1 atom stereocenters. The molecule has 3 rings (SSSR count). The predicted molar refractivity (Wildman–Crippen MR) is 89.4 cm³/mol. The van der Waals surface area contributed by atoms with Crippen molar-refractivity contribution in [2.24, 2.45) is 5.41 Å². The molecule has 2 aliphatic rings. The van der Waals surface area contributed by atoms with Crippen LogP contribution in [0.1, 0.15) is 43.9 Å². The third kappa shape index (κ3) is 3.28. The van der Waals surface area contributed by atoms with E-state index in [1.54, 1.807) is 0 Å². The molecule has 1 saturated heterocycles.